The number of phenolic OH excluding ortho intramolecular Hbond substituents is 1. The Kier molecular flexibility index (Phi) is 3.83. The van der Waals surface area contributed by atoms with E-state index in [2.05, 4.69) is 0 Å². The predicted octanol–water partition coefficient (Wildman–Crippen LogP) is 1.12. The van der Waals surface area contributed by atoms with Crippen molar-refractivity contribution in [2.45, 2.75) is 56.0 Å². The van der Waals surface area contributed by atoms with E-state index in [0.29, 0.717) is 12.8 Å². The van der Waals surface area contributed by atoms with Gasteiger partial charge in [0.2, 0.25) is 11.7 Å². The Balaban J connectivity index is 1.85. The van der Waals surface area contributed by atoms with Crippen molar-refractivity contribution in [3.05, 3.63) is 23.3 Å². The Morgan fingerprint density at radius 1 is 1.37 bits per heavy atom. The molecule has 4 atom stereocenters. The number of epoxide rings is 1. The second kappa shape index (κ2) is 5.77. The number of amides is 1. The Morgan fingerprint density at radius 3 is 2.74 bits per heavy atom. The number of aromatic hydroxyl groups is 1. The van der Waals surface area contributed by atoms with Crippen molar-refractivity contribution in [3.63, 3.8) is 0 Å². The summed E-state index contributed by atoms with van der Waals surface area (Å²) in [6.45, 7) is 1.92. The fourth-order valence-corrected chi connectivity index (χ4v) is 4.57. The summed E-state index contributed by atoms with van der Waals surface area (Å²) >= 11 is 0. The zero-order valence-electron chi connectivity index (χ0n) is 15.1. The normalized spacial score (nSPS) is 33.7. The highest BCUT2D eigenvalue weighted by Gasteiger charge is 2.85. The summed E-state index contributed by atoms with van der Waals surface area (Å²) in [6, 6.07) is 2.73. The summed E-state index contributed by atoms with van der Waals surface area (Å²) in [5.41, 5.74) is 2.48. The summed E-state index contributed by atoms with van der Waals surface area (Å²) in [4.78, 5) is 38.1. The number of carbonyl (C=O) groups is 3. The molecule has 2 saturated heterocycles. The average Bonchev–Trinajstić information content (AvgIpc) is 3.31. The van der Waals surface area contributed by atoms with Crippen molar-refractivity contribution >= 4 is 17.5 Å². The predicted molar refractivity (Wildman–Crippen MR) is 91.9 cm³/mol. The minimum Gasteiger partial charge on any atom is -0.507 e. The summed E-state index contributed by atoms with van der Waals surface area (Å²) < 4.78 is 17.0. The van der Waals surface area contributed by atoms with Crippen LogP contribution in [0.1, 0.15) is 53.3 Å². The van der Waals surface area contributed by atoms with Crippen LogP contribution in [0.25, 0.3) is 0 Å². The number of carbonyl (C=O) groups excluding carboxylic acids is 3. The van der Waals surface area contributed by atoms with Gasteiger partial charge in [-0.2, -0.15) is 0 Å². The van der Waals surface area contributed by atoms with E-state index < -0.39 is 40.9 Å². The Labute approximate surface area is 155 Å². The highest BCUT2D eigenvalue weighted by molar-refractivity contribution is 6.26. The first-order chi connectivity index (χ1) is 12.8. The molecule has 2 heterocycles. The molecule has 4 unspecified atom stereocenters. The number of Topliss-reactive ketones (excluding diaryl/α,β-unsaturated/α-hetero) is 2. The standard InChI is InChI=1S/C19H21NO7/c1-3-4-13-19-17(24)15-11(5-9(25-2)6-12(15)21)16(23)18(19,27-19)8-10(26-13)7-14(20)22/h5-6,10,13,21H,3-4,7-8H2,1-2H3,(H2,20,22). The number of nitrogens with two attached hydrogens (primary N) is 1. The second-order valence-corrected chi connectivity index (χ2v) is 7.30. The molecule has 0 radical (unpaired) electrons. The number of primary amides is 1. The van der Waals surface area contributed by atoms with E-state index in [-0.39, 0.29) is 35.5 Å². The smallest absolute Gasteiger partial charge is 0.220 e. The van der Waals surface area contributed by atoms with Gasteiger partial charge in [0.1, 0.15) is 11.5 Å². The molecule has 0 aromatic heterocycles. The van der Waals surface area contributed by atoms with Gasteiger partial charge in [-0.25, -0.2) is 0 Å². The van der Waals surface area contributed by atoms with E-state index in [4.69, 9.17) is 19.9 Å². The zero-order valence-corrected chi connectivity index (χ0v) is 15.1. The monoisotopic (exact) mass is 375 g/mol. The maximum Gasteiger partial charge on any atom is 0.220 e. The first kappa shape index (κ1) is 17.9. The van der Waals surface area contributed by atoms with Gasteiger partial charge in [0.25, 0.3) is 0 Å². The number of benzene rings is 1. The molecule has 8 nitrogen and oxygen atoms in total. The second-order valence-electron chi connectivity index (χ2n) is 7.30. The third kappa shape index (κ3) is 2.20. The molecule has 1 aromatic rings. The van der Waals surface area contributed by atoms with Crippen LogP contribution >= 0.6 is 0 Å². The molecule has 1 aliphatic carbocycles. The van der Waals surface area contributed by atoms with Crippen molar-refractivity contribution in [3.8, 4) is 11.5 Å². The van der Waals surface area contributed by atoms with Crippen LogP contribution in [0, 0.1) is 0 Å². The molecule has 2 aliphatic heterocycles. The van der Waals surface area contributed by atoms with Crippen molar-refractivity contribution in [1.29, 1.82) is 0 Å². The molecule has 1 amide bonds. The molecule has 3 N–H and O–H groups in total. The number of rotatable bonds is 5. The van der Waals surface area contributed by atoms with E-state index in [9.17, 15) is 19.5 Å². The number of ether oxygens (including phenoxy) is 3. The minimum absolute atomic E-state index is 0.0565. The first-order valence-corrected chi connectivity index (χ1v) is 8.95. The zero-order chi connectivity index (χ0) is 19.6. The van der Waals surface area contributed by atoms with Crippen LogP contribution in [0.5, 0.6) is 11.5 Å². The number of fused-ring (bicyclic) bond motifs is 1. The topological polar surface area (TPSA) is 128 Å². The maximum atomic E-state index is 13.3. The third-order valence-corrected chi connectivity index (χ3v) is 5.70. The fourth-order valence-electron chi connectivity index (χ4n) is 4.57. The van der Waals surface area contributed by atoms with Crippen LogP contribution in [-0.2, 0) is 14.3 Å². The molecule has 4 rings (SSSR count). The maximum absolute atomic E-state index is 13.3. The van der Waals surface area contributed by atoms with E-state index in [1.807, 2.05) is 6.92 Å². The number of methoxy groups -OCH3 is 1. The van der Waals surface area contributed by atoms with Gasteiger partial charge < -0.3 is 25.1 Å². The minimum atomic E-state index is -1.45. The van der Waals surface area contributed by atoms with Crippen molar-refractivity contribution in [1.82, 2.24) is 0 Å². The Hall–Kier alpha value is -2.45. The van der Waals surface area contributed by atoms with Gasteiger partial charge in [0, 0.05) is 18.1 Å². The van der Waals surface area contributed by atoms with Crippen LogP contribution in [0.4, 0.5) is 0 Å². The van der Waals surface area contributed by atoms with E-state index in [1.54, 1.807) is 0 Å². The van der Waals surface area contributed by atoms with Gasteiger partial charge in [-0.1, -0.05) is 13.3 Å². The molecule has 0 saturated carbocycles. The van der Waals surface area contributed by atoms with Crippen LogP contribution in [0.3, 0.4) is 0 Å². The van der Waals surface area contributed by atoms with Crippen LogP contribution in [0.2, 0.25) is 0 Å². The van der Waals surface area contributed by atoms with Crippen LogP contribution < -0.4 is 10.5 Å². The number of hydrogen-bond acceptors (Lipinski definition) is 7. The van der Waals surface area contributed by atoms with Gasteiger partial charge >= 0.3 is 0 Å². The number of ketones is 2. The largest absolute Gasteiger partial charge is 0.507 e. The van der Waals surface area contributed by atoms with Crippen molar-refractivity contribution in [2.75, 3.05) is 7.11 Å². The SMILES string of the molecule is CCCC1OC(CC(N)=O)CC23OC12C(=O)c1c(O)cc(OC)cc1C3=O. The van der Waals surface area contributed by atoms with Crippen LogP contribution in [0.15, 0.2) is 12.1 Å². The quantitative estimate of drug-likeness (QED) is 0.738. The molecule has 3 aliphatic rings. The van der Waals surface area contributed by atoms with Gasteiger partial charge in [-0.3, -0.25) is 14.4 Å². The van der Waals surface area contributed by atoms with Gasteiger partial charge in [-0.05, 0) is 12.5 Å². The number of phenols is 1. The van der Waals surface area contributed by atoms with Gasteiger partial charge in [0.15, 0.2) is 17.0 Å². The molecular formula is C19H21NO7. The summed E-state index contributed by atoms with van der Waals surface area (Å²) in [5.74, 6) is -1.47. The number of hydrogen-bond donors (Lipinski definition) is 2. The summed E-state index contributed by atoms with van der Waals surface area (Å²) in [5, 5.41) is 10.4. The lowest BCUT2D eigenvalue weighted by Crippen LogP contribution is -2.58. The summed E-state index contributed by atoms with van der Waals surface area (Å²) in [6.07, 6.45) is -0.115. The average molecular weight is 375 g/mol. The van der Waals surface area contributed by atoms with E-state index >= 15 is 0 Å². The first-order valence-electron chi connectivity index (χ1n) is 8.95. The van der Waals surface area contributed by atoms with Gasteiger partial charge in [0.05, 0.1) is 31.3 Å². The fraction of sp³-hybridized carbons (Fsp3) is 0.526. The molecule has 8 heteroatoms. The molecular weight excluding hydrogens is 354 g/mol. The molecule has 0 spiro atoms. The Morgan fingerprint density at radius 2 is 2.11 bits per heavy atom. The van der Waals surface area contributed by atoms with Crippen LogP contribution in [-0.4, -0.2) is 53.1 Å². The molecule has 27 heavy (non-hydrogen) atoms. The Bertz CT molecular complexity index is 866. The third-order valence-electron chi connectivity index (χ3n) is 5.70. The molecule has 1 aromatic carbocycles. The molecule has 2 fully saturated rings. The summed E-state index contributed by atoms with van der Waals surface area (Å²) in [7, 11) is 1.40. The van der Waals surface area contributed by atoms with Gasteiger partial charge in [-0.15, -0.1) is 0 Å². The highest BCUT2D eigenvalue weighted by Crippen LogP contribution is 2.64. The lowest BCUT2D eigenvalue weighted by molar-refractivity contribution is -0.125. The lowest BCUT2D eigenvalue weighted by atomic mass is 9.67. The van der Waals surface area contributed by atoms with E-state index in [0.717, 1.165) is 0 Å². The highest BCUT2D eigenvalue weighted by atomic mass is 16.7. The van der Waals surface area contributed by atoms with E-state index in [1.165, 1.54) is 19.2 Å². The lowest BCUT2D eigenvalue weighted by Gasteiger charge is -2.38. The van der Waals surface area contributed by atoms with Crippen molar-refractivity contribution in [2.24, 2.45) is 5.73 Å². The molecule has 144 valence electrons. The molecule has 0 bridgehead atoms. The van der Waals surface area contributed by atoms with Crippen molar-refractivity contribution < 1.29 is 33.7 Å².